The largest absolute Gasteiger partial charge is 0.481 e. The molecule has 0 saturated carbocycles. The monoisotopic (exact) mass is 555 g/mol. The number of carboxylic acids is 1. The Balaban J connectivity index is 1.44. The maximum atomic E-state index is 11.2. The van der Waals surface area contributed by atoms with E-state index in [0.717, 1.165) is 33.6 Å². The van der Waals surface area contributed by atoms with E-state index in [-0.39, 0.29) is 5.56 Å². The summed E-state index contributed by atoms with van der Waals surface area (Å²) >= 11 is 12.6. The van der Waals surface area contributed by atoms with E-state index in [1.807, 2.05) is 65.4 Å². The van der Waals surface area contributed by atoms with Crippen molar-refractivity contribution < 1.29 is 14.6 Å². The van der Waals surface area contributed by atoms with Crippen molar-refractivity contribution in [3.05, 3.63) is 124 Å². The van der Waals surface area contributed by atoms with Crippen molar-refractivity contribution in [3.8, 4) is 28.3 Å². The summed E-state index contributed by atoms with van der Waals surface area (Å²) in [7, 11) is 1.59. The van der Waals surface area contributed by atoms with Crippen molar-refractivity contribution in [1.29, 1.82) is 0 Å². The molecular weight excluding hydrogens is 533 g/mol. The van der Waals surface area contributed by atoms with Gasteiger partial charge in [-0.3, -0.25) is 0 Å². The molecule has 2 aromatic heterocycles. The number of hydrogen-bond acceptors (Lipinski definition) is 4. The summed E-state index contributed by atoms with van der Waals surface area (Å²) < 4.78 is 7.14. The number of nitrogens with zero attached hydrogens (tertiary/aromatic N) is 3. The summed E-state index contributed by atoms with van der Waals surface area (Å²) in [6.45, 7) is 0.501. The van der Waals surface area contributed by atoms with E-state index in [1.165, 1.54) is 0 Å². The van der Waals surface area contributed by atoms with Crippen LogP contribution in [0, 0.1) is 0 Å². The number of methoxy groups -OCH3 is 1. The third-order valence-corrected chi connectivity index (χ3v) is 6.73. The Morgan fingerprint density at radius 2 is 1.69 bits per heavy atom. The fourth-order valence-electron chi connectivity index (χ4n) is 4.10. The Kier molecular flexibility index (Phi) is 7.77. The molecule has 3 aromatic carbocycles. The second kappa shape index (κ2) is 11.6. The molecule has 5 aromatic rings. The molecule has 0 spiro atoms. The van der Waals surface area contributed by atoms with Crippen molar-refractivity contribution in [2.45, 2.75) is 6.54 Å². The maximum Gasteiger partial charge on any atom is 0.335 e. The van der Waals surface area contributed by atoms with Crippen molar-refractivity contribution in [1.82, 2.24) is 14.5 Å². The van der Waals surface area contributed by atoms with Crippen LogP contribution < -0.4 is 4.74 Å². The molecule has 0 amide bonds. The molecule has 0 aliphatic carbocycles. The quantitative estimate of drug-likeness (QED) is 0.211. The predicted octanol–water partition coefficient (Wildman–Crippen LogP) is 7.84. The van der Waals surface area contributed by atoms with Gasteiger partial charge in [0, 0.05) is 41.2 Å². The molecule has 5 rings (SSSR count). The molecular formula is C31H23Cl2N3O3. The van der Waals surface area contributed by atoms with E-state index in [2.05, 4.69) is 4.98 Å². The van der Waals surface area contributed by atoms with Gasteiger partial charge in [-0.15, -0.1) is 0 Å². The number of rotatable bonds is 8. The Morgan fingerprint density at radius 3 is 2.33 bits per heavy atom. The number of aromatic carboxylic acids is 1. The molecule has 6 nitrogen and oxygen atoms in total. The molecule has 39 heavy (non-hydrogen) atoms. The van der Waals surface area contributed by atoms with Gasteiger partial charge in [0.05, 0.1) is 23.4 Å². The Bertz CT molecular complexity index is 1640. The Labute approximate surface area is 235 Å². The van der Waals surface area contributed by atoms with Gasteiger partial charge < -0.3 is 14.4 Å². The van der Waals surface area contributed by atoms with E-state index < -0.39 is 5.97 Å². The molecule has 194 valence electrons. The standard InChI is InChI=1S/C31H23Cl2N3O3/c1-39-30-15-11-24(17-34-30)22-7-2-20(3-8-22)6-14-29-35-28(26-13-12-25(32)16-27(26)33)19-36(29)18-21-4-9-23(10-5-21)31(37)38/h2-17,19H,18H2,1H3,(H,37,38). The summed E-state index contributed by atoms with van der Waals surface area (Å²) in [5, 5.41) is 10.3. The first-order valence-electron chi connectivity index (χ1n) is 12.0. The predicted molar refractivity (Wildman–Crippen MR) is 155 cm³/mol. The number of halogens is 2. The lowest BCUT2D eigenvalue weighted by molar-refractivity contribution is 0.0697. The van der Waals surface area contributed by atoms with Crippen LogP contribution in [-0.2, 0) is 6.54 Å². The van der Waals surface area contributed by atoms with Crippen LogP contribution in [0.4, 0.5) is 0 Å². The number of carboxylic acid groups (broad SMARTS) is 1. The average Bonchev–Trinajstić information content (AvgIpc) is 3.34. The van der Waals surface area contributed by atoms with Gasteiger partial charge in [-0.2, -0.15) is 0 Å². The van der Waals surface area contributed by atoms with Crippen LogP contribution in [0.3, 0.4) is 0 Å². The lowest BCUT2D eigenvalue weighted by atomic mass is 10.1. The minimum absolute atomic E-state index is 0.243. The number of carbonyl (C=O) groups is 1. The molecule has 0 radical (unpaired) electrons. The SMILES string of the molecule is COc1ccc(-c2ccc(C=Cc3nc(-c4ccc(Cl)cc4Cl)cn3Cc3ccc(C(=O)O)cc3)cc2)cn1. The molecule has 0 unspecified atom stereocenters. The molecule has 0 aliphatic heterocycles. The molecule has 0 aliphatic rings. The molecule has 1 N–H and O–H groups in total. The van der Waals surface area contributed by atoms with Gasteiger partial charge in [0.2, 0.25) is 5.88 Å². The highest BCUT2D eigenvalue weighted by Crippen LogP contribution is 2.30. The second-order valence-corrected chi connectivity index (χ2v) is 9.63. The van der Waals surface area contributed by atoms with Crippen LogP contribution in [0.2, 0.25) is 10.0 Å². The van der Waals surface area contributed by atoms with Crippen LogP contribution in [0.5, 0.6) is 5.88 Å². The molecule has 0 fully saturated rings. The Hall–Kier alpha value is -4.39. The molecule has 0 atom stereocenters. The number of pyridine rings is 1. The van der Waals surface area contributed by atoms with E-state index in [1.54, 1.807) is 49.7 Å². The molecule has 0 saturated heterocycles. The molecule has 2 heterocycles. The zero-order chi connectivity index (χ0) is 27.4. The normalized spacial score (nSPS) is 11.2. The van der Waals surface area contributed by atoms with Gasteiger partial charge in [0.25, 0.3) is 0 Å². The van der Waals surface area contributed by atoms with Gasteiger partial charge in [-0.05, 0) is 59.2 Å². The zero-order valence-corrected chi connectivity index (χ0v) is 22.4. The number of hydrogen-bond donors (Lipinski definition) is 1. The summed E-state index contributed by atoms with van der Waals surface area (Å²) in [6, 6.07) is 24.1. The van der Waals surface area contributed by atoms with Crippen molar-refractivity contribution >= 4 is 41.3 Å². The van der Waals surface area contributed by atoms with Crippen LogP contribution in [-0.4, -0.2) is 32.7 Å². The average molecular weight is 556 g/mol. The first-order valence-corrected chi connectivity index (χ1v) is 12.8. The topological polar surface area (TPSA) is 77.2 Å². The smallest absolute Gasteiger partial charge is 0.335 e. The zero-order valence-electron chi connectivity index (χ0n) is 20.9. The van der Waals surface area contributed by atoms with Crippen LogP contribution >= 0.6 is 23.2 Å². The second-order valence-electron chi connectivity index (χ2n) is 8.78. The van der Waals surface area contributed by atoms with Crippen molar-refractivity contribution in [2.75, 3.05) is 7.11 Å². The number of ether oxygens (including phenoxy) is 1. The van der Waals surface area contributed by atoms with Crippen LogP contribution in [0.15, 0.2) is 91.3 Å². The lowest BCUT2D eigenvalue weighted by Crippen LogP contribution is -2.02. The number of aromatic nitrogens is 3. The Morgan fingerprint density at radius 1 is 0.949 bits per heavy atom. The minimum Gasteiger partial charge on any atom is -0.481 e. The molecule has 8 heteroatoms. The summed E-state index contributed by atoms with van der Waals surface area (Å²) in [5.74, 6) is 0.342. The maximum absolute atomic E-state index is 11.2. The van der Waals surface area contributed by atoms with E-state index >= 15 is 0 Å². The fraction of sp³-hybridized carbons (Fsp3) is 0.0645. The van der Waals surface area contributed by atoms with Gasteiger partial charge in [0.1, 0.15) is 5.82 Å². The summed E-state index contributed by atoms with van der Waals surface area (Å²) in [4.78, 5) is 20.4. The number of benzene rings is 3. The van der Waals surface area contributed by atoms with Crippen molar-refractivity contribution in [3.63, 3.8) is 0 Å². The number of imidazole rings is 1. The third kappa shape index (κ3) is 6.20. The van der Waals surface area contributed by atoms with Gasteiger partial charge in [0.15, 0.2) is 0 Å². The third-order valence-electron chi connectivity index (χ3n) is 6.18. The van der Waals surface area contributed by atoms with E-state index in [0.29, 0.717) is 28.2 Å². The summed E-state index contributed by atoms with van der Waals surface area (Å²) in [5.41, 5.74) is 5.72. The highest BCUT2D eigenvalue weighted by atomic mass is 35.5. The van der Waals surface area contributed by atoms with Gasteiger partial charge in [-0.1, -0.05) is 65.7 Å². The highest BCUT2D eigenvalue weighted by molar-refractivity contribution is 6.36. The lowest BCUT2D eigenvalue weighted by Gasteiger charge is -2.06. The van der Waals surface area contributed by atoms with E-state index in [4.69, 9.17) is 32.9 Å². The van der Waals surface area contributed by atoms with E-state index in [9.17, 15) is 9.90 Å². The first kappa shape index (κ1) is 26.2. The summed E-state index contributed by atoms with van der Waals surface area (Å²) in [6.07, 6.45) is 7.66. The minimum atomic E-state index is -0.957. The molecule has 0 bridgehead atoms. The van der Waals surface area contributed by atoms with Crippen LogP contribution in [0.1, 0.15) is 27.3 Å². The highest BCUT2D eigenvalue weighted by Gasteiger charge is 2.12. The fourth-order valence-corrected chi connectivity index (χ4v) is 4.60. The van der Waals surface area contributed by atoms with Gasteiger partial charge >= 0.3 is 5.97 Å². The van der Waals surface area contributed by atoms with Crippen LogP contribution in [0.25, 0.3) is 34.5 Å². The van der Waals surface area contributed by atoms with Gasteiger partial charge in [-0.25, -0.2) is 14.8 Å². The van der Waals surface area contributed by atoms with Crippen molar-refractivity contribution in [2.24, 2.45) is 0 Å². The first-order chi connectivity index (χ1) is 18.9.